The number of benzene rings is 1. The third kappa shape index (κ3) is 4.02. The molecule has 1 atom stereocenters. The molecule has 1 aromatic heterocycles. The zero-order chi connectivity index (χ0) is 16.8. The van der Waals surface area contributed by atoms with Gasteiger partial charge in [-0.2, -0.15) is 0 Å². The Hall–Kier alpha value is -2.61. The number of carbonyl (C=O) groups is 1. The first-order chi connectivity index (χ1) is 11.8. The van der Waals surface area contributed by atoms with E-state index in [1.54, 1.807) is 41.2 Å². The maximum Gasteiger partial charge on any atom is 0.260 e. The molecule has 1 saturated heterocycles. The van der Waals surface area contributed by atoms with Gasteiger partial charge in [-0.1, -0.05) is 17.3 Å². The Labute approximate surface area is 139 Å². The molecule has 128 valence electrons. The van der Waals surface area contributed by atoms with Crippen molar-refractivity contribution in [3.63, 3.8) is 0 Å². The van der Waals surface area contributed by atoms with Gasteiger partial charge in [-0.15, -0.1) is 5.10 Å². The largest absolute Gasteiger partial charge is 0.493 e. The van der Waals surface area contributed by atoms with E-state index in [4.69, 9.17) is 14.2 Å². The minimum Gasteiger partial charge on any atom is -0.493 e. The van der Waals surface area contributed by atoms with E-state index in [9.17, 15) is 4.79 Å². The van der Waals surface area contributed by atoms with E-state index in [1.807, 2.05) is 12.1 Å². The minimum absolute atomic E-state index is 0.0313. The highest BCUT2D eigenvalue weighted by molar-refractivity contribution is 5.78. The van der Waals surface area contributed by atoms with Crippen LogP contribution in [0.1, 0.15) is 0 Å². The van der Waals surface area contributed by atoms with Gasteiger partial charge in [-0.3, -0.25) is 4.79 Å². The Morgan fingerprint density at radius 3 is 2.96 bits per heavy atom. The lowest BCUT2D eigenvalue weighted by atomic mass is 10.2. The van der Waals surface area contributed by atoms with Gasteiger partial charge in [0.2, 0.25) is 0 Å². The van der Waals surface area contributed by atoms with Crippen LogP contribution in [-0.4, -0.2) is 65.3 Å². The van der Waals surface area contributed by atoms with E-state index in [0.29, 0.717) is 37.7 Å². The Bertz CT molecular complexity index is 662. The molecule has 0 bridgehead atoms. The number of methoxy groups -OCH3 is 1. The molecule has 2 heterocycles. The smallest absolute Gasteiger partial charge is 0.260 e. The molecule has 0 radical (unpaired) electrons. The first-order valence-corrected chi connectivity index (χ1v) is 7.75. The van der Waals surface area contributed by atoms with E-state index in [0.717, 1.165) is 0 Å². The highest BCUT2D eigenvalue weighted by Crippen LogP contribution is 2.25. The van der Waals surface area contributed by atoms with E-state index in [1.165, 1.54) is 0 Å². The number of nitrogens with zero attached hydrogens (tertiary/aromatic N) is 4. The minimum atomic E-state index is -0.101. The Kier molecular flexibility index (Phi) is 5.27. The third-order valence-electron chi connectivity index (χ3n) is 3.77. The summed E-state index contributed by atoms with van der Waals surface area (Å²) in [5.41, 5.74) is 0. The number of hydrogen-bond acceptors (Lipinski definition) is 6. The zero-order valence-corrected chi connectivity index (χ0v) is 13.5. The summed E-state index contributed by atoms with van der Waals surface area (Å²) in [5, 5.41) is 7.69. The highest BCUT2D eigenvalue weighted by atomic mass is 16.5. The molecule has 24 heavy (non-hydrogen) atoms. The third-order valence-corrected chi connectivity index (χ3v) is 3.77. The van der Waals surface area contributed by atoms with Crippen molar-refractivity contribution in [2.24, 2.45) is 0 Å². The number of morpholine rings is 1. The van der Waals surface area contributed by atoms with E-state index in [-0.39, 0.29) is 18.6 Å². The normalized spacial score (nSPS) is 17.5. The molecule has 8 heteroatoms. The fourth-order valence-corrected chi connectivity index (χ4v) is 2.56. The van der Waals surface area contributed by atoms with Crippen LogP contribution in [0.2, 0.25) is 0 Å². The van der Waals surface area contributed by atoms with Crippen molar-refractivity contribution in [3.8, 4) is 11.5 Å². The molecule has 8 nitrogen and oxygen atoms in total. The zero-order valence-electron chi connectivity index (χ0n) is 13.5. The summed E-state index contributed by atoms with van der Waals surface area (Å²) in [6.07, 6.45) is 3.29. The summed E-state index contributed by atoms with van der Waals surface area (Å²) in [4.78, 5) is 14.1. The highest BCUT2D eigenvalue weighted by Gasteiger charge is 2.25. The lowest BCUT2D eigenvalue weighted by Gasteiger charge is -2.32. The maximum absolute atomic E-state index is 12.4. The predicted octanol–water partition coefficient (Wildman–Crippen LogP) is 0.593. The lowest BCUT2D eigenvalue weighted by molar-refractivity contribution is -0.141. The summed E-state index contributed by atoms with van der Waals surface area (Å²) in [5.74, 6) is 1.09. The molecule has 1 aliphatic heterocycles. The van der Waals surface area contributed by atoms with Gasteiger partial charge in [0, 0.05) is 19.3 Å². The van der Waals surface area contributed by atoms with Gasteiger partial charge >= 0.3 is 0 Å². The fraction of sp³-hybridized carbons (Fsp3) is 0.438. The molecule has 1 aliphatic rings. The van der Waals surface area contributed by atoms with Crippen LogP contribution in [0.25, 0.3) is 0 Å². The number of para-hydroxylation sites is 2. The summed E-state index contributed by atoms with van der Waals surface area (Å²) in [7, 11) is 1.57. The number of aromatic nitrogens is 3. The second-order valence-corrected chi connectivity index (χ2v) is 5.40. The average Bonchev–Trinajstić information content (AvgIpc) is 3.13. The van der Waals surface area contributed by atoms with Crippen molar-refractivity contribution < 1.29 is 19.0 Å². The van der Waals surface area contributed by atoms with E-state index < -0.39 is 0 Å². The van der Waals surface area contributed by atoms with E-state index >= 15 is 0 Å². The molecule has 3 rings (SSSR count). The van der Waals surface area contributed by atoms with Gasteiger partial charge in [0.1, 0.15) is 0 Å². The summed E-state index contributed by atoms with van der Waals surface area (Å²) in [6, 6.07) is 7.26. The van der Waals surface area contributed by atoms with Gasteiger partial charge in [-0.25, -0.2) is 4.68 Å². The molecule has 1 aromatic carbocycles. The summed E-state index contributed by atoms with van der Waals surface area (Å²) in [6.45, 7) is 2.10. The molecular formula is C16H20N4O4. The first kappa shape index (κ1) is 16.3. The SMILES string of the molecule is COc1ccccc1OCC(=O)N1CCOC(Cn2ccnn2)C1. The van der Waals surface area contributed by atoms with Crippen LogP contribution in [-0.2, 0) is 16.1 Å². The van der Waals surface area contributed by atoms with Crippen LogP contribution in [0, 0.1) is 0 Å². The Morgan fingerprint density at radius 2 is 2.21 bits per heavy atom. The molecule has 1 amide bonds. The lowest BCUT2D eigenvalue weighted by Crippen LogP contribution is -2.48. The molecule has 0 N–H and O–H groups in total. The summed E-state index contributed by atoms with van der Waals surface area (Å²) >= 11 is 0. The van der Waals surface area contributed by atoms with Crippen molar-refractivity contribution in [2.45, 2.75) is 12.6 Å². The second kappa shape index (κ2) is 7.78. The quantitative estimate of drug-likeness (QED) is 0.770. The maximum atomic E-state index is 12.4. The first-order valence-electron chi connectivity index (χ1n) is 7.75. The van der Waals surface area contributed by atoms with Crippen molar-refractivity contribution in [1.29, 1.82) is 0 Å². The van der Waals surface area contributed by atoms with Crippen molar-refractivity contribution in [3.05, 3.63) is 36.7 Å². The molecular weight excluding hydrogens is 312 g/mol. The van der Waals surface area contributed by atoms with Crippen molar-refractivity contribution in [2.75, 3.05) is 33.4 Å². The van der Waals surface area contributed by atoms with Crippen LogP contribution in [0.3, 0.4) is 0 Å². The number of amides is 1. The predicted molar refractivity (Wildman–Crippen MR) is 84.8 cm³/mol. The molecule has 1 unspecified atom stereocenters. The molecule has 0 spiro atoms. The second-order valence-electron chi connectivity index (χ2n) is 5.40. The van der Waals surface area contributed by atoms with Crippen LogP contribution in [0.5, 0.6) is 11.5 Å². The molecule has 1 fully saturated rings. The molecule has 0 aliphatic carbocycles. The van der Waals surface area contributed by atoms with Gasteiger partial charge in [0.05, 0.1) is 32.6 Å². The number of ether oxygens (including phenoxy) is 3. The van der Waals surface area contributed by atoms with Gasteiger partial charge < -0.3 is 19.1 Å². The van der Waals surface area contributed by atoms with Crippen molar-refractivity contribution >= 4 is 5.91 Å². The Morgan fingerprint density at radius 1 is 1.38 bits per heavy atom. The van der Waals surface area contributed by atoms with Crippen LogP contribution in [0.4, 0.5) is 0 Å². The topological polar surface area (TPSA) is 78.7 Å². The summed E-state index contributed by atoms with van der Waals surface area (Å²) < 4.78 is 18.2. The monoisotopic (exact) mass is 332 g/mol. The molecule has 0 saturated carbocycles. The van der Waals surface area contributed by atoms with E-state index in [2.05, 4.69) is 10.3 Å². The standard InChI is InChI=1S/C16H20N4O4/c1-22-14-4-2-3-5-15(14)24-12-16(21)19-8-9-23-13(10-19)11-20-7-6-17-18-20/h2-7,13H,8-12H2,1H3. The van der Waals surface area contributed by atoms with Gasteiger partial charge in [0.25, 0.3) is 5.91 Å². The molecule has 2 aromatic rings. The number of carbonyl (C=O) groups excluding carboxylic acids is 1. The van der Waals surface area contributed by atoms with Crippen molar-refractivity contribution in [1.82, 2.24) is 19.9 Å². The number of rotatable bonds is 6. The van der Waals surface area contributed by atoms with Crippen LogP contribution in [0.15, 0.2) is 36.7 Å². The van der Waals surface area contributed by atoms with Crippen LogP contribution >= 0.6 is 0 Å². The fourth-order valence-electron chi connectivity index (χ4n) is 2.56. The van der Waals surface area contributed by atoms with Gasteiger partial charge in [-0.05, 0) is 12.1 Å². The Balaban J connectivity index is 1.52. The van der Waals surface area contributed by atoms with Crippen LogP contribution < -0.4 is 9.47 Å². The average molecular weight is 332 g/mol. The number of hydrogen-bond donors (Lipinski definition) is 0. The van der Waals surface area contributed by atoms with Gasteiger partial charge in [0.15, 0.2) is 18.1 Å².